The van der Waals surface area contributed by atoms with Crippen molar-refractivity contribution in [2.24, 2.45) is 0 Å². The fourth-order valence-corrected chi connectivity index (χ4v) is 2.07. The van der Waals surface area contributed by atoms with Crippen molar-refractivity contribution >= 4 is 33.9 Å². The maximum absolute atomic E-state index is 12.0. The zero-order valence-corrected chi connectivity index (χ0v) is 11.2. The SMILES string of the molecule is Nc1ccc(NC(=O)Nc2cccc3ccncc23)cc1. The van der Waals surface area contributed by atoms with E-state index in [-0.39, 0.29) is 6.03 Å². The second kappa shape index (κ2) is 5.50. The number of aromatic nitrogens is 1. The Hall–Kier alpha value is -3.08. The fourth-order valence-electron chi connectivity index (χ4n) is 2.07. The Balaban J connectivity index is 1.79. The van der Waals surface area contributed by atoms with E-state index in [1.807, 2.05) is 24.3 Å². The third-order valence-corrected chi connectivity index (χ3v) is 3.10. The fraction of sp³-hybridized carbons (Fsp3) is 0. The van der Waals surface area contributed by atoms with E-state index >= 15 is 0 Å². The second-order valence-corrected chi connectivity index (χ2v) is 4.60. The first-order valence-corrected chi connectivity index (χ1v) is 6.49. The lowest BCUT2D eigenvalue weighted by molar-refractivity contribution is 0.262. The first kappa shape index (κ1) is 12.9. The maximum Gasteiger partial charge on any atom is 0.323 e. The van der Waals surface area contributed by atoms with Gasteiger partial charge in [-0.25, -0.2) is 4.79 Å². The van der Waals surface area contributed by atoms with Crippen LogP contribution in [0.2, 0.25) is 0 Å². The van der Waals surface area contributed by atoms with Crippen LogP contribution in [0, 0.1) is 0 Å². The Labute approximate surface area is 121 Å². The minimum atomic E-state index is -0.309. The maximum atomic E-state index is 12.0. The molecule has 5 heteroatoms. The summed E-state index contributed by atoms with van der Waals surface area (Å²) < 4.78 is 0. The van der Waals surface area contributed by atoms with Crippen LogP contribution < -0.4 is 16.4 Å². The number of amides is 2. The Kier molecular flexibility index (Phi) is 3.39. The van der Waals surface area contributed by atoms with Crippen molar-refractivity contribution in [1.29, 1.82) is 0 Å². The van der Waals surface area contributed by atoms with Crippen LogP contribution in [0.1, 0.15) is 0 Å². The van der Waals surface area contributed by atoms with Crippen LogP contribution in [-0.4, -0.2) is 11.0 Å². The van der Waals surface area contributed by atoms with Gasteiger partial charge in [0.05, 0.1) is 5.69 Å². The van der Waals surface area contributed by atoms with Gasteiger partial charge >= 0.3 is 6.03 Å². The molecule has 104 valence electrons. The van der Waals surface area contributed by atoms with Gasteiger partial charge < -0.3 is 16.4 Å². The van der Waals surface area contributed by atoms with Crippen molar-refractivity contribution in [1.82, 2.24) is 4.98 Å². The number of rotatable bonds is 2. The lowest BCUT2D eigenvalue weighted by Crippen LogP contribution is -2.19. The molecule has 0 aliphatic carbocycles. The second-order valence-electron chi connectivity index (χ2n) is 4.60. The summed E-state index contributed by atoms with van der Waals surface area (Å²) in [4.78, 5) is 16.1. The smallest absolute Gasteiger partial charge is 0.323 e. The zero-order chi connectivity index (χ0) is 14.7. The van der Waals surface area contributed by atoms with Gasteiger partial charge in [0.25, 0.3) is 0 Å². The van der Waals surface area contributed by atoms with Gasteiger partial charge in [0.1, 0.15) is 0 Å². The van der Waals surface area contributed by atoms with Gasteiger partial charge in [0.15, 0.2) is 0 Å². The molecule has 0 unspecified atom stereocenters. The van der Waals surface area contributed by atoms with E-state index in [0.717, 1.165) is 10.8 Å². The van der Waals surface area contributed by atoms with Crippen LogP contribution in [0.5, 0.6) is 0 Å². The Morgan fingerprint density at radius 1 is 1.00 bits per heavy atom. The molecule has 0 radical (unpaired) electrons. The molecule has 0 fully saturated rings. The number of carbonyl (C=O) groups is 1. The molecule has 3 aromatic rings. The quantitative estimate of drug-likeness (QED) is 0.628. The number of anilines is 3. The number of hydrogen-bond donors (Lipinski definition) is 3. The molecule has 1 heterocycles. The van der Waals surface area contributed by atoms with E-state index in [2.05, 4.69) is 15.6 Å². The van der Waals surface area contributed by atoms with Crippen LogP contribution in [-0.2, 0) is 0 Å². The summed E-state index contributed by atoms with van der Waals surface area (Å²) in [6, 6.07) is 14.3. The molecular weight excluding hydrogens is 264 g/mol. The average Bonchev–Trinajstić information content (AvgIpc) is 2.50. The molecule has 1 aromatic heterocycles. The monoisotopic (exact) mass is 278 g/mol. The number of hydrogen-bond acceptors (Lipinski definition) is 3. The van der Waals surface area contributed by atoms with E-state index in [1.165, 1.54) is 0 Å². The summed E-state index contributed by atoms with van der Waals surface area (Å²) in [5, 5.41) is 7.50. The topological polar surface area (TPSA) is 80.0 Å². The van der Waals surface area contributed by atoms with E-state index < -0.39 is 0 Å². The van der Waals surface area contributed by atoms with Gasteiger partial charge in [-0.15, -0.1) is 0 Å². The summed E-state index contributed by atoms with van der Waals surface area (Å²) in [6.07, 6.45) is 3.45. The number of nitrogens with two attached hydrogens (primary N) is 1. The predicted octanol–water partition coefficient (Wildman–Crippen LogP) is 3.46. The molecule has 2 aromatic carbocycles. The van der Waals surface area contributed by atoms with Crippen molar-refractivity contribution < 1.29 is 4.79 Å². The summed E-state index contributed by atoms with van der Waals surface area (Å²) in [5.41, 5.74) is 7.66. The molecule has 21 heavy (non-hydrogen) atoms. The van der Waals surface area contributed by atoms with Crippen LogP contribution in [0.4, 0.5) is 21.9 Å². The van der Waals surface area contributed by atoms with Crippen molar-refractivity contribution in [2.45, 2.75) is 0 Å². The Morgan fingerprint density at radius 3 is 2.62 bits per heavy atom. The largest absolute Gasteiger partial charge is 0.399 e. The molecule has 0 spiro atoms. The van der Waals surface area contributed by atoms with Gasteiger partial charge in [0.2, 0.25) is 0 Å². The van der Waals surface area contributed by atoms with Gasteiger partial charge in [-0.2, -0.15) is 0 Å². The standard InChI is InChI=1S/C16H14N4O/c17-12-4-6-13(7-5-12)19-16(21)20-15-3-1-2-11-8-9-18-10-14(11)15/h1-10H,17H2,(H2,19,20,21). The van der Waals surface area contributed by atoms with Crippen LogP contribution in [0.3, 0.4) is 0 Å². The highest BCUT2D eigenvalue weighted by molar-refractivity contribution is 6.05. The predicted molar refractivity (Wildman–Crippen MR) is 85.2 cm³/mol. The summed E-state index contributed by atoms with van der Waals surface area (Å²) >= 11 is 0. The molecule has 0 aliphatic rings. The number of carbonyl (C=O) groups excluding carboxylic acids is 1. The number of urea groups is 1. The van der Waals surface area contributed by atoms with Crippen molar-refractivity contribution in [3.63, 3.8) is 0 Å². The highest BCUT2D eigenvalue weighted by atomic mass is 16.2. The number of fused-ring (bicyclic) bond motifs is 1. The number of pyridine rings is 1. The molecule has 0 saturated carbocycles. The van der Waals surface area contributed by atoms with E-state index in [0.29, 0.717) is 17.1 Å². The van der Waals surface area contributed by atoms with Gasteiger partial charge in [-0.05, 0) is 41.8 Å². The highest BCUT2D eigenvalue weighted by Gasteiger charge is 2.05. The van der Waals surface area contributed by atoms with Crippen LogP contribution in [0.15, 0.2) is 60.9 Å². The van der Waals surface area contributed by atoms with Crippen LogP contribution in [0.25, 0.3) is 10.8 Å². The summed E-state index contributed by atoms with van der Waals surface area (Å²) in [5.74, 6) is 0. The lowest BCUT2D eigenvalue weighted by Gasteiger charge is -2.10. The third kappa shape index (κ3) is 2.92. The molecule has 0 aliphatic heterocycles. The molecule has 0 atom stereocenters. The van der Waals surface area contributed by atoms with Crippen molar-refractivity contribution in [3.05, 3.63) is 60.9 Å². The minimum Gasteiger partial charge on any atom is -0.399 e. The van der Waals surface area contributed by atoms with E-state index in [4.69, 9.17) is 5.73 Å². The normalized spacial score (nSPS) is 10.3. The zero-order valence-electron chi connectivity index (χ0n) is 11.2. The van der Waals surface area contributed by atoms with E-state index in [9.17, 15) is 4.79 Å². The molecular formula is C16H14N4O. The molecule has 0 bridgehead atoms. The number of nitrogen functional groups attached to an aromatic ring is 1. The number of benzene rings is 2. The Bertz CT molecular complexity index is 778. The third-order valence-electron chi connectivity index (χ3n) is 3.10. The van der Waals surface area contributed by atoms with Crippen LogP contribution >= 0.6 is 0 Å². The molecule has 0 saturated heterocycles. The number of nitrogens with one attached hydrogen (secondary N) is 2. The first-order valence-electron chi connectivity index (χ1n) is 6.49. The van der Waals surface area contributed by atoms with Crippen molar-refractivity contribution in [3.8, 4) is 0 Å². The highest BCUT2D eigenvalue weighted by Crippen LogP contribution is 2.22. The van der Waals surface area contributed by atoms with Gasteiger partial charge in [-0.3, -0.25) is 4.98 Å². The average molecular weight is 278 g/mol. The molecule has 2 amide bonds. The molecule has 3 rings (SSSR count). The minimum absolute atomic E-state index is 0.309. The van der Waals surface area contributed by atoms with Gasteiger partial charge in [0, 0.05) is 29.2 Å². The number of nitrogens with zero attached hydrogens (tertiary/aromatic N) is 1. The summed E-state index contributed by atoms with van der Waals surface area (Å²) in [6.45, 7) is 0. The van der Waals surface area contributed by atoms with Gasteiger partial charge in [-0.1, -0.05) is 12.1 Å². The Morgan fingerprint density at radius 2 is 1.81 bits per heavy atom. The molecule has 4 N–H and O–H groups in total. The van der Waals surface area contributed by atoms with E-state index in [1.54, 1.807) is 36.7 Å². The molecule has 5 nitrogen and oxygen atoms in total. The summed E-state index contributed by atoms with van der Waals surface area (Å²) in [7, 11) is 0. The lowest BCUT2D eigenvalue weighted by atomic mass is 10.1. The van der Waals surface area contributed by atoms with Crippen molar-refractivity contribution in [2.75, 3.05) is 16.4 Å². The first-order chi connectivity index (χ1) is 10.2.